The highest BCUT2D eigenvalue weighted by Crippen LogP contribution is 2.30. The summed E-state index contributed by atoms with van der Waals surface area (Å²) in [5.41, 5.74) is -0.233. The Labute approximate surface area is 143 Å². The van der Waals surface area contributed by atoms with Crippen molar-refractivity contribution in [2.75, 3.05) is 19.6 Å². The van der Waals surface area contributed by atoms with Crippen LogP contribution in [0.4, 0.5) is 0 Å². The number of piperidine rings is 1. The molecule has 1 aliphatic heterocycles. The highest BCUT2D eigenvalue weighted by molar-refractivity contribution is 5.78. The fraction of sp³-hybridized carbons (Fsp3) is 0.579. The molecule has 1 saturated heterocycles. The molecule has 3 rings (SSSR count). The Morgan fingerprint density at radius 3 is 2.75 bits per heavy atom. The molecule has 1 aromatic rings. The molecule has 1 aromatic heterocycles. The zero-order valence-corrected chi connectivity index (χ0v) is 14.3. The van der Waals surface area contributed by atoms with Crippen LogP contribution < -0.4 is 4.74 Å². The maximum Gasteiger partial charge on any atom is 0.348 e. The molecule has 0 radical (unpaired) electrons. The maximum absolute atomic E-state index is 11.9. The second kappa shape index (κ2) is 7.34. The number of carboxylic acid groups (broad SMARTS) is 1. The van der Waals surface area contributed by atoms with Gasteiger partial charge in [0.15, 0.2) is 0 Å². The third kappa shape index (κ3) is 3.96. The SMILES string of the molecule is Cc1ccc(OC2(C(=O)O)CCN(CC3CC=CCC3)CC2)cn1. The van der Waals surface area contributed by atoms with E-state index in [1.165, 1.54) is 12.8 Å². The van der Waals surface area contributed by atoms with Gasteiger partial charge in [-0.25, -0.2) is 4.79 Å². The number of rotatable bonds is 5. The first-order valence-corrected chi connectivity index (χ1v) is 8.80. The van der Waals surface area contributed by atoms with Crippen molar-refractivity contribution in [3.63, 3.8) is 0 Å². The fourth-order valence-electron chi connectivity index (χ4n) is 3.58. The van der Waals surface area contributed by atoms with Crippen LogP contribution in [0.5, 0.6) is 5.75 Å². The van der Waals surface area contributed by atoms with Gasteiger partial charge < -0.3 is 14.7 Å². The average Bonchev–Trinajstić information content (AvgIpc) is 2.59. The highest BCUT2D eigenvalue weighted by atomic mass is 16.5. The zero-order valence-electron chi connectivity index (χ0n) is 14.3. The van der Waals surface area contributed by atoms with E-state index in [4.69, 9.17) is 4.74 Å². The van der Waals surface area contributed by atoms with Crippen LogP contribution in [-0.4, -0.2) is 46.2 Å². The molecule has 1 aliphatic carbocycles. The molecule has 24 heavy (non-hydrogen) atoms. The molecule has 2 heterocycles. The monoisotopic (exact) mass is 330 g/mol. The molecule has 0 aromatic carbocycles. The minimum Gasteiger partial charge on any atom is -0.478 e. The van der Waals surface area contributed by atoms with Gasteiger partial charge in [0.1, 0.15) is 5.75 Å². The zero-order chi connectivity index (χ0) is 17.0. The van der Waals surface area contributed by atoms with Gasteiger partial charge in [0.25, 0.3) is 0 Å². The van der Waals surface area contributed by atoms with Crippen LogP contribution in [-0.2, 0) is 4.79 Å². The van der Waals surface area contributed by atoms with Gasteiger partial charge in [0.05, 0.1) is 6.20 Å². The lowest BCUT2D eigenvalue weighted by Crippen LogP contribution is -2.53. The summed E-state index contributed by atoms with van der Waals surface area (Å²) in [6.07, 6.45) is 10.7. The van der Waals surface area contributed by atoms with Crippen molar-refractivity contribution < 1.29 is 14.6 Å². The number of pyridine rings is 1. The van der Waals surface area contributed by atoms with E-state index in [1.54, 1.807) is 12.3 Å². The summed E-state index contributed by atoms with van der Waals surface area (Å²) in [4.78, 5) is 18.5. The molecule has 5 heteroatoms. The second-order valence-electron chi connectivity index (χ2n) is 6.99. The first kappa shape index (κ1) is 17.0. The van der Waals surface area contributed by atoms with Crippen LogP contribution in [0.3, 0.4) is 0 Å². The molecule has 2 aliphatic rings. The summed E-state index contributed by atoms with van der Waals surface area (Å²) in [6.45, 7) is 4.50. The number of carboxylic acids is 1. The molecule has 1 N–H and O–H groups in total. The lowest BCUT2D eigenvalue weighted by Gasteiger charge is -2.40. The van der Waals surface area contributed by atoms with E-state index < -0.39 is 11.6 Å². The molecule has 1 fully saturated rings. The van der Waals surface area contributed by atoms with Crippen molar-refractivity contribution in [3.05, 3.63) is 36.2 Å². The number of ether oxygens (including phenoxy) is 1. The Hall–Kier alpha value is -1.88. The van der Waals surface area contributed by atoms with Crippen molar-refractivity contribution >= 4 is 5.97 Å². The van der Waals surface area contributed by atoms with Crippen LogP contribution in [0.15, 0.2) is 30.5 Å². The number of allylic oxidation sites excluding steroid dienone is 2. The van der Waals surface area contributed by atoms with Crippen LogP contribution >= 0.6 is 0 Å². The van der Waals surface area contributed by atoms with Gasteiger partial charge in [0, 0.05) is 38.2 Å². The minimum absolute atomic E-state index is 0.513. The van der Waals surface area contributed by atoms with Gasteiger partial charge in [-0.3, -0.25) is 4.98 Å². The van der Waals surface area contributed by atoms with E-state index >= 15 is 0 Å². The smallest absolute Gasteiger partial charge is 0.348 e. The predicted molar refractivity (Wildman–Crippen MR) is 92.1 cm³/mol. The molecular weight excluding hydrogens is 304 g/mol. The topological polar surface area (TPSA) is 62.7 Å². The summed E-state index contributed by atoms with van der Waals surface area (Å²) in [7, 11) is 0. The Balaban J connectivity index is 1.60. The van der Waals surface area contributed by atoms with Gasteiger partial charge in [-0.2, -0.15) is 0 Å². The van der Waals surface area contributed by atoms with Gasteiger partial charge in [-0.1, -0.05) is 12.2 Å². The number of nitrogens with zero attached hydrogens (tertiary/aromatic N) is 2. The van der Waals surface area contributed by atoms with Crippen molar-refractivity contribution in [1.82, 2.24) is 9.88 Å². The molecule has 1 atom stereocenters. The lowest BCUT2D eigenvalue weighted by atomic mass is 9.89. The first-order chi connectivity index (χ1) is 11.6. The van der Waals surface area contributed by atoms with E-state index in [0.29, 0.717) is 24.5 Å². The molecule has 0 bridgehead atoms. The minimum atomic E-state index is -1.13. The number of hydrogen-bond acceptors (Lipinski definition) is 4. The number of aliphatic carboxylic acids is 1. The van der Waals surface area contributed by atoms with Crippen LogP contribution in [0.25, 0.3) is 0 Å². The summed E-state index contributed by atoms with van der Waals surface area (Å²) in [5, 5.41) is 9.74. The highest BCUT2D eigenvalue weighted by Gasteiger charge is 2.44. The Kier molecular flexibility index (Phi) is 5.19. The summed E-state index contributed by atoms with van der Waals surface area (Å²) in [6, 6.07) is 3.64. The Morgan fingerprint density at radius 2 is 2.17 bits per heavy atom. The number of carbonyl (C=O) groups is 1. The number of aryl methyl sites for hydroxylation is 1. The van der Waals surface area contributed by atoms with Crippen molar-refractivity contribution in [1.29, 1.82) is 0 Å². The van der Waals surface area contributed by atoms with Gasteiger partial charge in [0.2, 0.25) is 5.60 Å². The van der Waals surface area contributed by atoms with Crippen LogP contribution in [0.2, 0.25) is 0 Å². The summed E-state index contributed by atoms with van der Waals surface area (Å²) < 4.78 is 5.90. The van der Waals surface area contributed by atoms with Crippen molar-refractivity contribution in [3.8, 4) is 5.75 Å². The Bertz CT molecular complexity index is 589. The molecule has 0 spiro atoms. The third-order valence-corrected chi connectivity index (χ3v) is 5.15. The van der Waals surface area contributed by atoms with Crippen molar-refractivity contribution in [2.24, 2.45) is 5.92 Å². The Morgan fingerprint density at radius 1 is 1.38 bits per heavy atom. The molecule has 1 unspecified atom stereocenters. The van der Waals surface area contributed by atoms with E-state index in [9.17, 15) is 9.90 Å². The molecule has 5 nitrogen and oxygen atoms in total. The molecular formula is C19H26N2O3. The number of likely N-dealkylation sites (tertiary alicyclic amines) is 1. The van der Waals surface area contributed by atoms with Crippen LogP contribution in [0, 0.1) is 12.8 Å². The van der Waals surface area contributed by atoms with Gasteiger partial charge >= 0.3 is 5.97 Å². The lowest BCUT2D eigenvalue weighted by molar-refractivity contribution is -0.159. The standard InChI is InChI=1S/C19H26N2O3/c1-15-7-8-17(13-20-15)24-19(18(22)23)9-11-21(12-10-19)14-16-5-3-2-4-6-16/h2-3,7-8,13,16H,4-6,9-12,14H2,1H3,(H,22,23). The van der Waals surface area contributed by atoms with E-state index in [-0.39, 0.29) is 0 Å². The normalized spacial score (nSPS) is 23.8. The summed E-state index contributed by atoms with van der Waals surface area (Å²) >= 11 is 0. The average molecular weight is 330 g/mol. The maximum atomic E-state index is 11.9. The third-order valence-electron chi connectivity index (χ3n) is 5.15. The largest absolute Gasteiger partial charge is 0.478 e. The van der Waals surface area contributed by atoms with E-state index in [1.807, 2.05) is 13.0 Å². The summed E-state index contributed by atoms with van der Waals surface area (Å²) in [5.74, 6) is 0.367. The molecule has 0 saturated carbocycles. The van der Waals surface area contributed by atoms with Crippen LogP contribution in [0.1, 0.15) is 37.8 Å². The number of aromatic nitrogens is 1. The number of hydrogen-bond donors (Lipinski definition) is 1. The van der Waals surface area contributed by atoms with E-state index in [0.717, 1.165) is 31.7 Å². The second-order valence-corrected chi connectivity index (χ2v) is 6.99. The predicted octanol–water partition coefficient (Wildman–Crippen LogP) is 3.04. The molecule has 130 valence electrons. The van der Waals surface area contributed by atoms with Gasteiger partial charge in [-0.05, 0) is 44.2 Å². The molecule has 0 amide bonds. The van der Waals surface area contributed by atoms with Crippen molar-refractivity contribution in [2.45, 2.75) is 44.6 Å². The first-order valence-electron chi connectivity index (χ1n) is 8.80. The van der Waals surface area contributed by atoms with Gasteiger partial charge in [-0.15, -0.1) is 0 Å². The quantitative estimate of drug-likeness (QED) is 0.841. The fourth-order valence-corrected chi connectivity index (χ4v) is 3.58. The van der Waals surface area contributed by atoms with E-state index in [2.05, 4.69) is 22.0 Å².